The zero-order valence-corrected chi connectivity index (χ0v) is 9.32. The van der Waals surface area contributed by atoms with E-state index in [4.69, 9.17) is 0 Å². The fourth-order valence-electron chi connectivity index (χ4n) is 0.507. The third-order valence-electron chi connectivity index (χ3n) is 0.523. The topological polar surface area (TPSA) is 18.5 Å². The van der Waals surface area contributed by atoms with E-state index in [-0.39, 0.29) is 0 Å². The molecule has 1 aliphatic rings. The molecule has 80 valence electrons. The van der Waals surface area contributed by atoms with Crippen LogP contribution in [0.1, 0.15) is 0 Å². The molecular weight excluding hydrogens is 439 g/mol. The van der Waals surface area contributed by atoms with Gasteiger partial charge in [0.15, 0.2) is 0 Å². The van der Waals surface area contributed by atoms with Gasteiger partial charge < -0.3 is 0 Å². The summed E-state index contributed by atoms with van der Waals surface area (Å²) in [4.78, 5) is 0. The Bertz CT molecular complexity index is 224. The molecule has 0 saturated carbocycles. The first-order valence-electron chi connectivity index (χ1n) is 1.90. The van der Waals surface area contributed by atoms with E-state index in [1.54, 1.807) is 0 Å². The normalized spacial score (nSPS) is 54.0. The Labute approximate surface area is 63.1 Å². The molecule has 0 atom stereocenters. The standard InChI is InChI=1S/F8O2Te2/c1-11(2,3,4)9-12(5,6,7,8)10-11. The summed E-state index contributed by atoms with van der Waals surface area (Å²) in [5.41, 5.74) is 0. The van der Waals surface area contributed by atoms with Gasteiger partial charge in [-0.25, -0.2) is 0 Å². The average molecular weight is 439 g/mol. The van der Waals surface area contributed by atoms with Crippen molar-refractivity contribution in [3.63, 3.8) is 0 Å². The molecule has 12 heteroatoms. The zero-order chi connectivity index (χ0) is 10.2. The van der Waals surface area contributed by atoms with E-state index < -0.39 is 37.1 Å². The maximum absolute atomic E-state index is 11.4. The monoisotopic (exact) mass is 444 g/mol. The second-order valence-corrected chi connectivity index (χ2v) is 18.5. The summed E-state index contributed by atoms with van der Waals surface area (Å²) in [6.07, 6.45) is 0. The number of halogens is 8. The van der Waals surface area contributed by atoms with Gasteiger partial charge in [0, 0.05) is 0 Å². The molecule has 1 rings (SSSR count). The molecule has 0 aromatic carbocycles. The zero-order valence-electron chi connectivity index (χ0n) is 4.66. The molecule has 0 unspecified atom stereocenters. The Balaban J connectivity index is 3.16. The number of hydrogen-bond acceptors (Lipinski definition) is 2. The Hall–Kier alpha value is 0.939. The van der Waals surface area contributed by atoms with Crippen LogP contribution in [0.3, 0.4) is 0 Å². The Morgan fingerprint density at radius 1 is 0.500 bits per heavy atom. The number of hydrogen-bond donors (Lipinski definition) is 0. The summed E-state index contributed by atoms with van der Waals surface area (Å²) in [7, 11) is 0. The predicted octanol–water partition coefficient (Wildman–Crippen LogP) is 2.46. The van der Waals surface area contributed by atoms with Crippen LogP contribution in [0.15, 0.2) is 0 Å². The van der Waals surface area contributed by atoms with Gasteiger partial charge in [-0.1, -0.05) is 0 Å². The van der Waals surface area contributed by atoms with Crippen molar-refractivity contribution < 1.29 is 26.1 Å². The predicted molar refractivity (Wildman–Crippen MR) is 22.5 cm³/mol. The van der Waals surface area contributed by atoms with Gasteiger partial charge in [0.2, 0.25) is 0 Å². The van der Waals surface area contributed by atoms with Crippen LogP contribution in [0.5, 0.6) is 0 Å². The van der Waals surface area contributed by atoms with Crippen molar-refractivity contribution in [2.75, 3.05) is 0 Å². The van der Waals surface area contributed by atoms with Gasteiger partial charge in [0.25, 0.3) is 0 Å². The maximum atomic E-state index is 11.4. The van der Waals surface area contributed by atoms with Gasteiger partial charge in [-0.05, 0) is 0 Å². The van der Waals surface area contributed by atoms with Crippen LogP contribution in [0.2, 0.25) is 0 Å². The fraction of sp³-hybridized carbons (Fsp3) is 0. The van der Waals surface area contributed by atoms with Crippen molar-refractivity contribution in [2.45, 2.75) is 0 Å². The Morgan fingerprint density at radius 2 is 0.667 bits per heavy atom. The average Bonchev–Trinajstić information content (AvgIpc) is 0.980. The van der Waals surface area contributed by atoms with Gasteiger partial charge in [0.1, 0.15) is 0 Å². The minimum atomic E-state index is -10.9. The van der Waals surface area contributed by atoms with Crippen LogP contribution in [0.4, 0.5) is 23.1 Å². The first-order chi connectivity index (χ1) is 4.42. The van der Waals surface area contributed by atoms with Crippen molar-refractivity contribution in [3.05, 3.63) is 0 Å². The van der Waals surface area contributed by atoms with E-state index in [1.165, 1.54) is 0 Å². The summed E-state index contributed by atoms with van der Waals surface area (Å²) in [5, 5.41) is 0. The van der Waals surface area contributed by atoms with Crippen molar-refractivity contribution in [3.8, 4) is 0 Å². The van der Waals surface area contributed by atoms with Crippen LogP contribution in [0.25, 0.3) is 0 Å². The van der Waals surface area contributed by atoms with Gasteiger partial charge in [-0.2, -0.15) is 0 Å². The van der Waals surface area contributed by atoms with E-state index in [1.807, 2.05) is 0 Å². The van der Waals surface area contributed by atoms with E-state index in [0.717, 1.165) is 2.93 Å². The summed E-state index contributed by atoms with van der Waals surface area (Å²) < 4.78 is 93.4. The van der Waals surface area contributed by atoms with Crippen LogP contribution in [-0.2, 0) is 2.93 Å². The summed E-state index contributed by atoms with van der Waals surface area (Å²) >= 11 is -21.7. The van der Waals surface area contributed by atoms with Crippen molar-refractivity contribution in [1.29, 1.82) is 0 Å². The summed E-state index contributed by atoms with van der Waals surface area (Å²) in [6.45, 7) is 0. The molecule has 0 N–H and O–H groups in total. The molecular formula is F8O2Te2. The molecule has 1 aliphatic heterocycles. The molecule has 1 saturated heterocycles. The Morgan fingerprint density at radius 3 is 0.667 bits per heavy atom. The molecule has 0 aliphatic carbocycles. The van der Waals surface area contributed by atoms with Gasteiger partial charge >= 0.3 is 63.1 Å². The fourth-order valence-corrected chi connectivity index (χ4v) is 22.8. The van der Waals surface area contributed by atoms with Crippen molar-refractivity contribution >= 4 is 37.1 Å². The third-order valence-corrected chi connectivity index (χ3v) is 23.5. The molecule has 0 aromatic heterocycles. The van der Waals surface area contributed by atoms with Gasteiger partial charge in [-0.3, -0.25) is 0 Å². The molecule has 0 amide bonds. The van der Waals surface area contributed by atoms with Crippen LogP contribution < -0.4 is 0 Å². The molecule has 0 aromatic rings. The van der Waals surface area contributed by atoms with Crippen LogP contribution in [-0.4, -0.2) is 37.1 Å². The van der Waals surface area contributed by atoms with E-state index >= 15 is 0 Å². The second-order valence-electron chi connectivity index (χ2n) is 1.98. The van der Waals surface area contributed by atoms with Gasteiger partial charge in [0.05, 0.1) is 0 Å². The molecule has 1 fully saturated rings. The molecule has 0 radical (unpaired) electrons. The van der Waals surface area contributed by atoms with Crippen LogP contribution in [0, 0.1) is 0 Å². The van der Waals surface area contributed by atoms with Gasteiger partial charge in [-0.15, -0.1) is 0 Å². The van der Waals surface area contributed by atoms with Crippen LogP contribution >= 0.6 is 0 Å². The van der Waals surface area contributed by atoms with Crippen molar-refractivity contribution in [2.24, 2.45) is 0 Å². The molecule has 0 spiro atoms. The minimum absolute atomic E-state index is 1.09. The third kappa shape index (κ3) is 2.46. The van der Waals surface area contributed by atoms with E-state index in [2.05, 4.69) is 0 Å². The molecule has 1 heterocycles. The first kappa shape index (κ1) is 11.0. The summed E-state index contributed by atoms with van der Waals surface area (Å²) in [6, 6.07) is 0. The second kappa shape index (κ2) is 1.32. The molecule has 2 nitrogen and oxygen atoms in total. The van der Waals surface area contributed by atoms with Crippen molar-refractivity contribution in [1.82, 2.24) is 0 Å². The Kier molecular flexibility index (Phi) is 1.21. The summed E-state index contributed by atoms with van der Waals surface area (Å²) in [5.74, 6) is 0. The SMILES string of the molecule is F[Te]1(F)(F)(F)O[Te](F)(F)(F)(F)O1. The molecule has 0 bridgehead atoms. The van der Waals surface area contributed by atoms with E-state index in [9.17, 15) is 23.1 Å². The quantitative estimate of drug-likeness (QED) is 0.427. The molecule has 12 heavy (non-hydrogen) atoms. The van der Waals surface area contributed by atoms with E-state index in [0.29, 0.717) is 0 Å². The number of rotatable bonds is 0. The first-order valence-corrected chi connectivity index (χ1v) is 12.8.